The molecule has 0 fully saturated rings. The molecule has 112 valence electrons. The number of ether oxygens (including phenoxy) is 1. The van der Waals surface area contributed by atoms with Gasteiger partial charge in [-0.25, -0.2) is 0 Å². The molecule has 0 aliphatic carbocycles. The van der Waals surface area contributed by atoms with Crippen LogP contribution >= 0.6 is 0 Å². The topological polar surface area (TPSA) is 64.4 Å². The summed E-state index contributed by atoms with van der Waals surface area (Å²) in [5.41, 5.74) is 2.05. The monoisotopic (exact) mass is 307 g/mol. The summed E-state index contributed by atoms with van der Waals surface area (Å²) in [6, 6.07) is 14.4. The first-order chi connectivity index (χ1) is 9.70. The predicted molar refractivity (Wildman–Crippen MR) is 76.6 cm³/mol. The second-order valence-corrected chi connectivity index (χ2v) is 4.34. The normalized spacial score (nSPS) is 9.76. The van der Waals surface area contributed by atoms with Gasteiger partial charge in [0.25, 0.3) is 5.69 Å². The first-order valence-corrected chi connectivity index (χ1v) is 6.26. The van der Waals surface area contributed by atoms with Crippen LogP contribution in [0.3, 0.4) is 0 Å². The number of methoxy groups -OCH3 is 1. The molecule has 0 radical (unpaired) electrons. The number of para-hydroxylation sites is 1. The average Bonchev–Trinajstić information content (AvgIpc) is 2.48. The molecule has 0 saturated heterocycles. The molecule has 2 aromatic rings. The molecule has 0 spiro atoms. The molecule has 0 aliphatic heterocycles. The molecule has 0 aliphatic rings. The van der Waals surface area contributed by atoms with Crippen LogP contribution in [0.25, 0.3) is 0 Å². The summed E-state index contributed by atoms with van der Waals surface area (Å²) in [7, 11) is 1.64. The molecule has 5 nitrogen and oxygen atoms in total. The average molecular weight is 308 g/mol. The van der Waals surface area contributed by atoms with Gasteiger partial charge in [-0.15, -0.1) is 0 Å². The third-order valence-corrected chi connectivity index (χ3v) is 2.96. The number of benzene rings is 2. The van der Waals surface area contributed by atoms with Gasteiger partial charge >= 0.3 is 0 Å². The number of hydrogen-bond acceptors (Lipinski definition) is 4. The van der Waals surface area contributed by atoms with Crippen LogP contribution in [0.1, 0.15) is 11.1 Å². The van der Waals surface area contributed by atoms with E-state index in [0.717, 1.165) is 16.9 Å². The zero-order valence-electron chi connectivity index (χ0n) is 11.6. The van der Waals surface area contributed by atoms with Crippen LogP contribution < -0.4 is 22.5 Å². The van der Waals surface area contributed by atoms with Crippen molar-refractivity contribution >= 4 is 5.69 Å². The van der Waals surface area contributed by atoms with E-state index in [1.54, 1.807) is 19.2 Å². The summed E-state index contributed by atoms with van der Waals surface area (Å²) in [5, 5.41) is 14.0. The van der Waals surface area contributed by atoms with Crippen molar-refractivity contribution in [2.45, 2.75) is 13.1 Å². The van der Waals surface area contributed by atoms with Crippen molar-refractivity contribution in [3.05, 3.63) is 69.8 Å². The van der Waals surface area contributed by atoms with Gasteiger partial charge in [-0.1, -0.05) is 30.3 Å². The lowest BCUT2D eigenvalue weighted by Crippen LogP contribution is -3.00. The zero-order valence-corrected chi connectivity index (χ0v) is 12.3. The molecule has 0 unspecified atom stereocenters. The van der Waals surface area contributed by atoms with Crippen LogP contribution in [0.2, 0.25) is 0 Å². The van der Waals surface area contributed by atoms with Crippen LogP contribution in [0.5, 0.6) is 5.75 Å². The van der Waals surface area contributed by atoms with Crippen molar-refractivity contribution in [2.24, 2.45) is 0 Å². The molecule has 1 N–H and O–H groups in total. The Labute approximate surface area is 129 Å². The van der Waals surface area contributed by atoms with Crippen molar-refractivity contribution in [1.29, 1.82) is 0 Å². The Morgan fingerprint density at radius 3 is 2.62 bits per heavy atom. The van der Waals surface area contributed by atoms with Gasteiger partial charge < -0.3 is 22.5 Å². The van der Waals surface area contributed by atoms with Gasteiger partial charge in [-0.05, 0) is 11.6 Å². The molecule has 0 heterocycles. The zero-order chi connectivity index (χ0) is 14.4. The number of hydrogen-bond donors (Lipinski definition) is 1. The number of non-ortho nitro benzene ring substituents is 1. The Kier molecular flexibility index (Phi) is 6.65. The quantitative estimate of drug-likeness (QED) is 0.598. The van der Waals surface area contributed by atoms with Crippen molar-refractivity contribution in [3.8, 4) is 5.75 Å². The lowest BCUT2D eigenvalue weighted by Gasteiger charge is -2.09. The minimum Gasteiger partial charge on any atom is -1.00 e. The number of nitro benzene ring substituents is 1. The highest BCUT2D eigenvalue weighted by Crippen LogP contribution is 2.17. The third kappa shape index (κ3) is 4.73. The molecule has 0 aromatic heterocycles. The number of halogens is 1. The van der Waals surface area contributed by atoms with E-state index in [1.807, 2.05) is 30.3 Å². The molecule has 21 heavy (non-hydrogen) atoms. The molecule has 0 atom stereocenters. The minimum atomic E-state index is -0.385. The summed E-state index contributed by atoms with van der Waals surface area (Å²) < 4.78 is 5.27. The number of nitro groups is 1. The lowest BCUT2D eigenvalue weighted by molar-refractivity contribution is -0.384. The van der Waals surface area contributed by atoms with Crippen molar-refractivity contribution in [1.82, 2.24) is 5.32 Å². The van der Waals surface area contributed by atoms with Crippen molar-refractivity contribution in [3.63, 3.8) is 0 Å². The van der Waals surface area contributed by atoms with Gasteiger partial charge in [0.15, 0.2) is 0 Å². The fourth-order valence-electron chi connectivity index (χ4n) is 1.97. The molecular weight excluding hydrogens is 292 g/mol. The molecule has 0 saturated carbocycles. The van der Waals surface area contributed by atoms with E-state index >= 15 is 0 Å². The van der Waals surface area contributed by atoms with Gasteiger partial charge in [-0.2, -0.15) is 0 Å². The van der Waals surface area contributed by atoms with Gasteiger partial charge in [0.05, 0.1) is 12.0 Å². The molecular formula is C15H16ClN2O3-. The van der Waals surface area contributed by atoms with Crippen LogP contribution in [-0.2, 0) is 13.1 Å². The summed E-state index contributed by atoms with van der Waals surface area (Å²) in [5.74, 6) is 0.832. The van der Waals surface area contributed by atoms with E-state index in [0.29, 0.717) is 13.1 Å². The van der Waals surface area contributed by atoms with Gasteiger partial charge in [0, 0.05) is 30.8 Å². The van der Waals surface area contributed by atoms with Crippen molar-refractivity contribution in [2.75, 3.05) is 7.11 Å². The SMILES string of the molecule is COc1ccccc1CNCc1cccc([N+](=O)[O-])c1.[Cl-]. The van der Waals surface area contributed by atoms with Gasteiger partial charge in [-0.3, -0.25) is 10.1 Å². The van der Waals surface area contributed by atoms with E-state index < -0.39 is 0 Å². The van der Waals surface area contributed by atoms with Gasteiger partial charge in [0.2, 0.25) is 0 Å². The molecule has 6 heteroatoms. The number of nitrogens with one attached hydrogen (secondary N) is 1. The highest BCUT2D eigenvalue weighted by molar-refractivity contribution is 5.35. The highest BCUT2D eigenvalue weighted by atomic mass is 35.5. The summed E-state index contributed by atoms with van der Waals surface area (Å²) in [6.45, 7) is 1.21. The maximum Gasteiger partial charge on any atom is 0.269 e. The molecule has 0 bridgehead atoms. The van der Waals surface area contributed by atoms with Crippen LogP contribution in [0.15, 0.2) is 48.5 Å². The maximum atomic E-state index is 10.7. The first-order valence-electron chi connectivity index (χ1n) is 6.26. The van der Waals surface area contributed by atoms with Crippen LogP contribution in [0, 0.1) is 10.1 Å². The fraction of sp³-hybridized carbons (Fsp3) is 0.200. The molecule has 2 aromatic carbocycles. The smallest absolute Gasteiger partial charge is 0.269 e. The number of rotatable bonds is 6. The summed E-state index contributed by atoms with van der Waals surface area (Å²) in [6.07, 6.45) is 0. The van der Waals surface area contributed by atoms with E-state index in [4.69, 9.17) is 4.74 Å². The van der Waals surface area contributed by atoms with E-state index in [1.165, 1.54) is 6.07 Å². The Balaban J connectivity index is 0.00000220. The van der Waals surface area contributed by atoms with Gasteiger partial charge in [0.1, 0.15) is 5.75 Å². The number of nitrogens with zero attached hydrogens (tertiary/aromatic N) is 1. The summed E-state index contributed by atoms with van der Waals surface area (Å²) in [4.78, 5) is 10.3. The van der Waals surface area contributed by atoms with Crippen LogP contribution in [-0.4, -0.2) is 12.0 Å². The second kappa shape index (κ2) is 8.24. The van der Waals surface area contributed by atoms with E-state index in [-0.39, 0.29) is 23.0 Å². The third-order valence-electron chi connectivity index (χ3n) is 2.96. The Bertz CT molecular complexity index is 605. The minimum absolute atomic E-state index is 0. The Hall–Kier alpha value is -2.11. The highest BCUT2D eigenvalue weighted by Gasteiger charge is 2.06. The fourth-order valence-corrected chi connectivity index (χ4v) is 1.97. The van der Waals surface area contributed by atoms with Crippen molar-refractivity contribution < 1.29 is 22.1 Å². The van der Waals surface area contributed by atoms with Crippen LogP contribution in [0.4, 0.5) is 5.69 Å². The molecule has 0 amide bonds. The first kappa shape index (κ1) is 16.9. The predicted octanol–water partition coefficient (Wildman–Crippen LogP) is -0.103. The largest absolute Gasteiger partial charge is 1.00 e. The van der Waals surface area contributed by atoms with E-state index in [9.17, 15) is 10.1 Å². The van der Waals surface area contributed by atoms with E-state index in [2.05, 4.69) is 5.32 Å². The maximum absolute atomic E-state index is 10.7. The standard InChI is InChI=1S/C15H16N2O3.ClH/c1-20-15-8-3-2-6-13(15)11-16-10-12-5-4-7-14(9-12)17(18)19;/h2-9,16H,10-11H2,1H3;1H/p-1. The Morgan fingerprint density at radius 2 is 1.90 bits per heavy atom. The summed E-state index contributed by atoms with van der Waals surface area (Å²) >= 11 is 0. The Morgan fingerprint density at radius 1 is 1.14 bits per heavy atom. The lowest BCUT2D eigenvalue weighted by atomic mass is 10.1. The molecule has 2 rings (SSSR count). The second-order valence-electron chi connectivity index (χ2n) is 4.34.